The summed E-state index contributed by atoms with van der Waals surface area (Å²) in [6, 6.07) is 7.47. The van der Waals surface area contributed by atoms with Gasteiger partial charge in [0.25, 0.3) is 0 Å². The first-order valence-corrected chi connectivity index (χ1v) is 6.13. The lowest BCUT2D eigenvalue weighted by Crippen LogP contribution is -2.30. The number of aromatic hydroxyl groups is 1. The van der Waals surface area contributed by atoms with E-state index in [0.717, 1.165) is 24.8 Å². The normalized spacial score (nSPS) is 19.6. The molecule has 88 valence electrons. The van der Waals surface area contributed by atoms with Gasteiger partial charge in [0.2, 0.25) is 0 Å². The van der Waals surface area contributed by atoms with Crippen molar-refractivity contribution in [1.82, 2.24) is 0 Å². The summed E-state index contributed by atoms with van der Waals surface area (Å²) in [6.07, 6.45) is 6.65. The summed E-state index contributed by atoms with van der Waals surface area (Å²) >= 11 is 0. The number of benzene rings is 1. The van der Waals surface area contributed by atoms with Crippen LogP contribution in [-0.4, -0.2) is 16.8 Å². The summed E-state index contributed by atoms with van der Waals surface area (Å²) in [5.74, 6) is 0.362. The molecule has 1 aromatic rings. The van der Waals surface area contributed by atoms with E-state index in [1.54, 1.807) is 6.07 Å². The first kappa shape index (κ1) is 11.5. The van der Waals surface area contributed by atoms with E-state index in [2.05, 4.69) is 0 Å². The van der Waals surface area contributed by atoms with Gasteiger partial charge in [0.05, 0.1) is 0 Å². The molecule has 2 nitrogen and oxygen atoms in total. The molecule has 0 spiro atoms. The highest BCUT2D eigenvalue weighted by molar-refractivity contribution is 5.32. The van der Waals surface area contributed by atoms with Gasteiger partial charge in [-0.2, -0.15) is 0 Å². The third-order valence-electron chi connectivity index (χ3n) is 3.81. The van der Waals surface area contributed by atoms with Crippen LogP contribution in [0, 0.1) is 5.41 Å². The Morgan fingerprint density at radius 3 is 2.38 bits per heavy atom. The maximum absolute atomic E-state index is 9.77. The smallest absolute Gasteiger partial charge is 0.118 e. The number of phenols is 1. The summed E-state index contributed by atoms with van der Waals surface area (Å²) < 4.78 is 0. The van der Waals surface area contributed by atoms with E-state index in [4.69, 9.17) is 0 Å². The largest absolute Gasteiger partial charge is 0.508 e. The standard InChI is InChI=1S/C14H20O2/c15-11-14(8-4-1-5-9-14)10-12-6-2-3-7-13(12)16/h2-3,6-7,15-16H,1,4-5,8-11H2. The van der Waals surface area contributed by atoms with Crippen molar-refractivity contribution in [2.75, 3.05) is 6.61 Å². The molecule has 1 fully saturated rings. The number of hydrogen-bond donors (Lipinski definition) is 2. The van der Waals surface area contributed by atoms with E-state index >= 15 is 0 Å². The Bertz CT molecular complexity index is 340. The third-order valence-corrected chi connectivity index (χ3v) is 3.81. The minimum atomic E-state index is 0.0110. The van der Waals surface area contributed by atoms with Gasteiger partial charge in [-0.05, 0) is 36.3 Å². The zero-order valence-corrected chi connectivity index (χ0v) is 9.65. The second-order valence-corrected chi connectivity index (χ2v) is 5.02. The van der Waals surface area contributed by atoms with Crippen molar-refractivity contribution >= 4 is 0 Å². The molecule has 0 aliphatic heterocycles. The van der Waals surface area contributed by atoms with Crippen LogP contribution >= 0.6 is 0 Å². The highest BCUT2D eigenvalue weighted by atomic mass is 16.3. The van der Waals surface area contributed by atoms with Gasteiger partial charge in [0, 0.05) is 6.61 Å². The van der Waals surface area contributed by atoms with Crippen LogP contribution in [0.5, 0.6) is 5.75 Å². The van der Waals surface area contributed by atoms with Crippen molar-refractivity contribution < 1.29 is 10.2 Å². The average molecular weight is 220 g/mol. The molecule has 1 aliphatic carbocycles. The molecule has 2 heteroatoms. The number of rotatable bonds is 3. The molecule has 0 heterocycles. The molecule has 0 unspecified atom stereocenters. The molecule has 0 atom stereocenters. The van der Waals surface area contributed by atoms with Crippen LogP contribution in [0.4, 0.5) is 0 Å². The zero-order valence-electron chi connectivity index (χ0n) is 9.65. The Balaban J connectivity index is 2.15. The lowest BCUT2D eigenvalue weighted by molar-refractivity contribution is 0.0818. The fourth-order valence-electron chi connectivity index (χ4n) is 2.76. The molecule has 2 rings (SSSR count). The van der Waals surface area contributed by atoms with Crippen molar-refractivity contribution in [2.24, 2.45) is 5.41 Å². The van der Waals surface area contributed by atoms with Crippen molar-refractivity contribution in [1.29, 1.82) is 0 Å². The molecule has 2 N–H and O–H groups in total. The summed E-state index contributed by atoms with van der Waals surface area (Å²) in [5.41, 5.74) is 0.982. The Labute approximate surface area is 96.9 Å². The number of aliphatic hydroxyl groups is 1. The van der Waals surface area contributed by atoms with Crippen LogP contribution < -0.4 is 0 Å². The summed E-state index contributed by atoms with van der Waals surface area (Å²) in [6.45, 7) is 0.237. The summed E-state index contributed by atoms with van der Waals surface area (Å²) in [5, 5.41) is 19.4. The topological polar surface area (TPSA) is 40.5 Å². The molecular weight excluding hydrogens is 200 g/mol. The highest BCUT2D eigenvalue weighted by Crippen LogP contribution is 2.40. The maximum Gasteiger partial charge on any atom is 0.118 e. The number of hydrogen-bond acceptors (Lipinski definition) is 2. The molecule has 16 heavy (non-hydrogen) atoms. The molecule has 1 aliphatic rings. The van der Waals surface area contributed by atoms with Gasteiger partial charge in [-0.3, -0.25) is 0 Å². The second-order valence-electron chi connectivity index (χ2n) is 5.02. The molecular formula is C14H20O2. The van der Waals surface area contributed by atoms with E-state index < -0.39 is 0 Å². The third kappa shape index (κ3) is 2.38. The summed E-state index contributed by atoms with van der Waals surface area (Å²) in [7, 11) is 0. The molecule has 0 saturated heterocycles. The number of aliphatic hydroxyl groups excluding tert-OH is 1. The molecule has 0 aromatic heterocycles. The predicted molar refractivity (Wildman–Crippen MR) is 64.4 cm³/mol. The molecule has 1 aromatic carbocycles. The van der Waals surface area contributed by atoms with Crippen LogP contribution in [-0.2, 0) is 6.42 Å². The van der Waals surface area contributed by atoms with Crippen LogP contribution in [0.3, 0.4) is 0 Å². The van der Waals surface area contributed by atoms with E-state index in [1.807, 2.05) is 18.2 Å². The quantitative estimate of drug-likeness (QED) is 0.822. The highest BCUT2D eigenvalue weighted by Gasteiger charge is 2.32. The fourth-order valence-corrected chi connectivity index (χ4v) is 2.76. The van der Waals surface area contributed by atoms with Crippen LogP contribution in [0.2, 0.25) is 0 Å². The van der Waals surface area contributed by atoms with Gasteiger partial charge in [-0.1, -0.05) is 37.5 Å². The summed E-state index contributed by atoms with van der Waals surface area (Å²) in [4.78, 5) is 0. The van der Waals surface area contributed by atoms with Crippen molar-refractivity contribution in [2.45, 2.75) is 38.5 Å². The first-order chi connectivity index (χ1) is 7.76. The number of para-hydroxylation sites is 1. The Morgan fingerprint density at radius 1 is 1.06 bits per heavy atom. The van der Waals surface area contributed by atoms with Gasteiger partial charge in [0.15, 0.2) is 0 Å². The second kappa shape index (κ2) is 4.88. The van der Waals surface area contributed by atoms with Gasteiger partial charge < -0.3 is 10.2 Å². The van der Waals surface area contributed by atoms with Crippen LogP contribution in [0.15, 0.2) is 24.3 Å². The molecule has 0 bridgehead atoms. The molecule has 0 amide bonds. The monoisotopic (exact) mass is 220 g/mol. The molecule has 0 radical (unpaired) electrons. The predicted octanol–water partition coefficient (Wildman–Crippen LogP) is 2.88. The van der Waals surface area contributed by atoms with E-state index in [-0.39, 0.29) is 12.0 Å². The van der Waals surface area contributed by atoms with E-state index in [9.17, 15) is 10.2 Å². The van der Waals surface area contributed by atoms with Gasteiger partial charge in [-0.15, -0.1) is 0 Å². The maximum atomic E-state index is 9.77. The van der Waals surface area contributed by atoms with Crippen molar-refractivity contribution in [3.63, 3.8) is 0 Å². The Kier molecular flexibility index (Phi) is 3.49. The Hall–Kier alpha value is -1.02. The van der Waals surface area contributed by atoms with Crippen molar-refractivity contribution in [3.8, 4) is 5.75 Å². The Morgan fingerprint density at radius 2 is 1.75 bits per heavy atom. The number of phenolic OH excluding ortho intramolecular Hbond substituents is 1. The van der Waals surface area contributed by atoms with Crippen LogP contribution in [0.1, 0.15) is 37.7 Å². The molecule has 1 saturated carbocycles. The first-order valence-electron chi connectivity index (χ1n) is 6.13. The van der Waals surface area contributed by atoms with Gasteiger partial charge in [0.1, 0.15) is 5.75 Å². The minimum Gasteiger partial charge on any atom is -0.508 e. The zero-order chi connectivity index (χ0) is 11.4. The van der Waals surface area contributed by atoms with Crippen molar-refractivity contribution in [3.05, 3.63) is 29.8 Å². The van der Waals surface area contributed by atoms with Gasteiger partial charge in [-0.25, -0.2) is 0 Å². The average Bonchev–Trinajstić information content (AvgIpc) is 2.33. The van der Waals surface area contributed by atoms with Gasteiger partial charge >= 0.3 is 0 Å². The SMILES string of the molecule is OCC1(Cc2ccccc2O)CCCCC1. The fraction of sp³-hybridized carbons (Fsp3) is 0.571. The minimum absolute atomic E-state index is 0.0110. The van der Waals surface area contributed by atoms with Crippen LogP contribution in [0.25, 0.3) is 0 Å². The lowest BCUT2D eigenvalue weighted by atomic mass is 9.71. The lowest BCUT2D eigenvalue weighted by Gasteiger charge is -2.35. The van der Waals surface area contributed by atoms with E-state index in [0.29, 0.717) is 5.75 Å². The van der Waals surface area contributed by atoms with E-state index in [1.165, 1.54) is 19.3 Å².